The van der Waals surface area contributed by atoms with Gasteiger partial charge in [-0.1, -0.05) is 57.2 Å². The van der Waals surface area contributed by atoms with Crippen molar-refractivity contribution in [3.63, 3.8) is 0 Å². The molecule has 4 aromatic rings. The molecule has 164 valence electrons. The maximum absolute atomic E-state index is 12.9. The molecule has 32 heavy (non-hydrogen) atoms. The van der Waals surface area contributed by atoms with E-state index < -0.39 is 5.41 Å². The van der Waals surface area contributed by atoms with Crippen molar-refractivity contribution in [3.05, 3.63) is 81.1 Å². The Labute approximate surface area is 190 Å². The number of H-pyrrole nitrogens is 1. The molecular weight excluding hydrogens is 422 g/mol. The van der Waals surface area contributed by atoms with Gasteiger partial charge in [-0.15, -0.1) is 11.3 Å². The van der Waals surface area contributed by atoms with E-state index in [2.05, 4.69) is 20.4 Å². The third-order valence-corrected chi connectivity index (χ3v) is 5.93. The van der Waals surface area contributed by atoms with Crippen LogP contribution in [0.3, 0.4) is 0 Å². The molecule has 2 N–H and O–H groups in total. The van der Waals surface area contributed by atoms with Gasteiger partial charge in [0.15, 0.2) is 0 Å². The minimum atomic E-state index is -0.589. The minimum absolute atomic E-state index is 0.156. The normalized spacial score (nSPS) is 11.5. The number of hydrogen-bond acceptors (Lipinski definition) is 5. The van der Waals surface area contributed by atoms with Crippen LogP contribution in [0.5, 0.6) is 0 Å². The molecule has 0 aliphatic carbocycles. The molecule has 4 rings (SSSR count). The Kier molecular flexibility index (Phi) is 5.80. The molecule has 0 spiro atoms. The van der Waals surface area contributed by atoms with Gasteiger partial charge in [0.2, 0.25) is 11.9 Å². The van der Waals surface area contributed by atoms with Crippen LogP contribution in [0, 0.1) is 12.3 Å². The Hall–Kier alpha value is -3.52. The van der Waals surface area contributed by atoms with E-state index in [0.29, 0.717) is 29.2 Å². The topological polar surface area (TPSA) is 92.7 Å². The Bertz CT molecular complexity index is 1300. The summed E-state index contributed by atoms with van der Waals surface area (Å²) >= 11 is 1.55. The number of hydrogen-bond donors (Lipinski definition) is 2. The van der Waals surface area contributed by atoms with Gasteiger partial charge >= 0.3 is 0 Å². The van der Waals surface area contributed by atoms with E-state index in [1.807, 2.05) is 75.5 Å². The van der Waals surface area contributed by atoms with E-state index >= 15 is 0 Å². The summed E-state index contributed by atoms with van der Waals surface area (Å²) in [7, 11) is 0. The maximum atomic E-state index is 12.9. The second-order valence-electron chi connectivity index (χ2n) is 8.62. The van der Waals surface area contributed by atoms with Crippen LogP contribution in [0.4, 0.5) is 5.82 Å². The predicted octanol–water partition coefficient (Wildman–Crippen LogP) is 4.57. The summed E-state index contributed by atoms with van der Waals surface area (Å²) in [5.41, 5.74) is 2.14. The first-order chi connectivity index (χ1) is 15.2. The highest BCUT2D eigenvalue weighted by atomic mass is 32.1. The fraction of sp³-hybridized carbons (Fsp3) is 0.250. The molecule has 0 fully saturated rings. The van der Waals surface area contributed by atoms with Crippen molar-refractivity contribution in [2.75, 3.05) is 5.32 Å². The van der Waals surface area contributed by atoms with Crippen LogP contribution in [0.25, 0.3) is 16.5 Å². The lowest BCUT2D eigenvalue weighted by Crippen LogP contribution is -2.29. The number of anilines is 1. The largest absolute Gasteiger partial charge is 0.310 e. The molecule has 7 nitrogen and oxygen atoms in total. The Morgan fingerprint density at radius 3 is 2.53 bits per heavy atom. The smallest absolute Gasteiger partial charge is 0.256 e. The molecule has 0 saturated carbocycles. The first-order valence-corrected chi connectivity index (χ1v) is 11.2. The monoisotopic (exact) mass is 447 g/mol. The standard InChI is InChI=1S/C24H25N5O2S/c1-15-17(13-16-9-6-5-7-10-16)21(30)27-23(25-15)29-20(26-22(31)24(2,3)4)14-18(28-29)19-11-8-12-32-19/h5-12,14H,13H2,1-4H3,(H,26,31)(H,25,27,30). The number of benzene rings is 1. The fourth-order valence-corrected chi connectivity index (χ4v) is 3.87. The molecule has 3 heterocycles. The number of aryl methyl sites for hydroxylation is 1. The Morgan fingerprint density at radius 1 is 1.16 bits per heavy atom. The number of amides is 1. The second-order valence-corrected chi connectivity index (χ2v) is 9.57. The number of carbonyl (C=O) groups is 1. The molecule has 1 amide bonds. The van der Waals surface area contributed by atoms with Gasteiger partial charge in [-0.05, 0) is 23.9 Å². The van der Waals surface area contributed by atoms with Gasteiger partial charge in [0.05, 0.1) is 10.6 Å². The van der Waals surface area contributed by atoms with Gasteiger partial charge < -0.3 is 5.32 Å². The van der Waals surface area contributed by atoms with Crippen molar-refractivity contribution in [3.8, 4) is 16.5 Å². The average Bonchev–Trinajstić information content (AvgIpc) is 3.40. The fourth-order valence-electron chi connectivity index (χ4n) is 3.18. The lowest BCUT2D eigenvalue weighted by molar-refractivity contribution is -0.123. The molecule has 0 radical (unpaired) electrons. The molecule has 0 aliphatic heterocycles. The number of aromatic nitrogens is 4. The highest BCUT2D eigenvalue weighted by Crippen LogP contribution is 2.28. The van der Waals surface area contributed by atoms with Crippen LogP contribution in [-0.2, 0) is 11.2 Å². The zero-order chi connectivity index (χ0) is 22.9. The number of nitrogens with zero attached hydrogens (tertiary/aromatic N) is 3. The number of rotatable bonds is 5. The molecule has 1 aromatic carbocycles. The maximum Gasteiger partial charge on any atom is 0.256 e. The van der Waals surface area contributed by atoms with Crippen molar-refractivity contribution in [1.29, 1.82) is 0 Å². The minimum Gasteiger partial charge on any atom is -0.310 e. The molecule has 0 saturated heterocycles. The van der Waals surface area contributed by atoms with Crippen molar-refractivity contribution in [1.82, 2.24) is 19.7 Å². The van der Waals surface area contributed by atoms with E-state index in [1.54, 1.807) is 17.4 Å². The molecular formula is C24H25N5O2S. The van der Waals surface area contributed by atoms with Crippen molar-refractivity contribution in [2.24, 2.45) is 5.41 Å². The van der Waals surface area contributed by atoms with E-state index in [-0.39, 0.29) is 17.4 Å². The van der Waals surface area contributed by atoms with E-state index in [4.69, 9.17) is 0 Å². The van der Waals surface area contributed by atoms with Gasteiger partial charge in [0.25, 0.3) is 5.56 Å². The van der Waals surface area contributed by atoms with Gasteiger partial charge in [0, 0.05) is 23.5 Å². The number of nitrogens with one attached hydrogen (secondary N) is 2. The van der Waals surface area contributed by atoms with E-state index in [0.717, 1.165) is 10.4 Å². The Morgan fingerprint density at radius 2 is 1.91 bits per heavy atom. The number of aromatic amines is 1. The molecule has 0 atom stereocenters. The van der Waals surface area contributed by atoms with Crippen LogP contribution in [0.15, 0.2) is 58.7 Å². The quantitative estimate of drug-likeness (QED) is 0.469. The van der Waals surface area contributed by atoms with Crippen molar-refractivity contribution in [2.45, 2.75) is 34.1 Å². The summed E-state index contributed by atoms with van der Waals surface area (Å²) in [5, 5.41) is 9.53. The lowest BCUT2D eigenvalue weighted by atomic mass is 9.96. The van der Waals surface area contributed by atoms with Crippen molar-refractivity contribution < 1.29 is 4.79 Å². The lowest BCUT2D eigenvalue weighted by Gasteiger charge is -2.18. The van der Waals surface area contributed by atoms with Gasteiger partial charge in [-0.25, -0.2) is 4.98 Å². The molecule has 3 aromatic heterocycles. The van der Waals surface area contributed by atoms with Crippen LogP contribution < -0.4 is 10.9 Å². The molecule has 0 bridgehead atoms. The highest BCUT2D eigenvalue weighted by Gasteiger charge is 2.24. The predicted molar refractivity (Wildman–Crippen MR) is 127 cm³/mol. The first-order valence-electron chi connectivity index (χ1n) is 10.3. The summed E-state index contributed by atoms with van der Waals surface area (Å²) < 4.78 is 1.49. The van der Waals surface area contributed by atoms with E-state index in [1.165, 1.54) is 4.68 Å². The summed E-state index contributed by atoms with van der Waals surface area (Å²) in [6.45, 7) is 7.33. The van der Waals surface area contributed by atoms with Gasteiger partial charge in [0.1, 0.15) is 11.5 Å². The third kappa shape index (κ3) is 4.55. The van der Waals surface area contributed by atoms with Crippen LogP contribution in [-0.4, -0.2) is 25.7 Å². The second kappa shape index (κ2) is 8.55. The zero-order valence-electron chi connectivity index (χ0n) is 18.5. The van der Waals surface area contributed by atoms with Gasteiger partial charge in [-0.3, -0.25) is 14.6 Å². The summed E-state index contributed by atoms with van der Waals surface area (Å²) in [5.74, 6) is 0.555. The zero-order valence-corrected chi connectivity index (χ0v) is 19.3. The highest BCUT2D eigenvalue weighted by molar-refractivity contribution is 7.13. The third-order valence-electron chi connectivity index (χ3n) is 5.04. The van der Waals surface area contributed by atoms with Gasteiger partial charge in [-0.2, -0.15) is 9.78 Å². The average molecular weight is 448 g/mol. The number of carbonyl (C=O) groups excluding carboxylic acids is 1. The Balaban J connectivity index is 1.76. The van der Waals surface area contributed by atoms with Crippen LogP contribution in [0.2, 0.25) is 0 Å². The summed E-state index contributed by atoms with van der Waals surface area (Å²) in [6, 6.07) is 15.5. The van der Waals surface area contributed by atoms with E-state index in [9.17, 15) is 9.59 Å². The molecule has 8 heteroatoms. The molecule has 0 aliphatic rings. The summed E-state index contributed by atoms with van der Waals surface area (Å²) in [4.78, 5) is 34.0. The van der Waals surface area contributed by atoms with Crippen LogP contribution in [0.1, 0.15) is 37.6 Å². The number of thiophene rings is 1. The van der Waals surface area contributed by atoms with Crippen molar-refractivity contribution >= 4 is 23.1 Å². The summed E-state index contributed by atoms with van der Waals surface area (Å²) in [6.07, 6.45) is 0.489. The molecule has 0 unspecified atom stereocenters. The SMILES string of the molecule is Cc1nc(-n2nc(-c3cccs3)cc2NC(=O)C(C)(C)C)[nH]c(=O)c1Cc1ccccc1. The first kappa shape index (κ1) is 21.7. The van der Waals surface area contributed by atoms with Crippen LogP contribution >= 0.6 is 11.3 Å².